The van der Waals surface area contributed by atoms with E-state index in [2.05, 4.69) is 123 Å². The number of benzene rings is 5. The fourth-order valence-corrected chi connectivity index (χ4v) is 12.0. The number of halogens is 4. The summed E-state index contributed by atoms with van der Waals surface area (Å²) in [6.07, 6.45) is 8.65. The van der Waals surface area contributed by atoms with Gasteiger partial charge in [-0.3, -0.25) is 0 Å². The summed E-state index contributed by atoms with van der Waals surface area (Å²) in [6.45, 7) is 20.2. The molecule has 2 fully saturated rings. The zero-order valence-corrected chi connectivity index (χ0v) is 42.6. The summed E-state index contributed by atoms with van der Waals surface area (Å²) in [5, 5.41) is 3.43. The van der Waals surface area contributed by atoms with Gasteiger partial charge in [0, 0.05) is 11.4 Å². The Bertz CT molecular complexity index is 2550. The molecule has 0 spiro atoms. The molecule has 4 heterocycles. The number of nitrogens with zero attached hydrogens (tertiary/aromatic N) is 4. The van der Waals surface area contributed by atoms with E-state index in [0.29, 0.717) is 0 Å². The second-order valence-corrected chi connectivity index (χ2v) is 27.0. The Morgan fingerprint density at radius 3 is 1.56 bits per heavy atom. The van der Waals surface area contributed by atoms with E-state index in [4.69, 9.17) is 38.8 Å². The number of anilines is 2. The van der Waals surface area contributed by atoms with Crippen LogP contribution in [0.2, 0.25) is 0 Å². The Morgan fingerprint density at radius 1 is 0.532 bits per heavy atom. The summed E-state index contributed by atoms with van der Waals surface area (Å²) in [4.78, 5) is 13.6. The van der Waals surface area contributed by atoms with Crippen molar-refractivity contribution < 1.29 is 27.0 Å². The van der Waals surface area contributed by atoms with Crippen molar-refractivity contribution in [3.63, 3.8) is 0 Å². The van der Waals surface area contributed by atoms with Crippen LogP contribution in [0, 0.1) is 54.6 Å². The topological polar surface area (TPSA) is 32.3 Å². The van der Waals surface area contributed by atoms with Crippen LogP contribution in [0.25, 0.3) is 32.9 Å². The standard InChI is InChI=1S/C14H9N.2C13H18N.C12H9N.4ClH.2Ru/c1-10-4-2-5-11-7-8-12-6-3-9-15-14(12)13(10)11;2*1-10-8-11(2)13(12(3)9-10)14-6-4-5-7-14;1-10-6-2-3-7-11(10)12-8-4-5-9-13-12;;;;;;/h1-9H;2*6,8-9H,4-5,7H2,1-3H3;1-9H;4*1H;;/q;2*-1;;;;;;2*+2/p-4. The fraction of sp³-hybridized carbons (Fsp3) is 0.231. The molecule has 4 nitrogen and oxygen atoms in total. The van der Waals surface area contributed by atoms with Gasteiger partial charge in [-0.1, -0.05) is 48.2 Å². The first-order chi connectivity index (χ1) is 29.9. The molecular weight excluding hydrogens is 1020 g/mol. The summed E-state index contributed by atoms with van der Waals surface area (Å²) in [7, 11) is 23.8. The van der Waals surface area contributed by atoms with E-state index in [1.807, 2.05) is 76.1 Å². The molecule has 0 amide bonds. The molecule has 2 aliphatic heterocycles. The third-order valence-corrected chi connectivity index (χ3v) is 14.3. The normalized spacial score (nSPS) is 13.6. The van der Waals surface area contributed by atoms with Crippen LogP contribution < -0.4 is 9.80 Å². The second-order valence-electron chi connectivity index (χ2n) is 15.5. The summed E-state index contributed by atoms with van der Waals surface area (Å²) < 4.78 is 3.92. The first-order valence-corrected chi connectivity index (χ1v) is 31.6. The molecule has 62 heavy (non-hydrogen) atoms. The first-order valence-electron chi connectivity index (χ1n) is 20.7. The van der Waals surface area contributed by atoms with Crippen molar-refractivity contribution in [1.29, 1.82) is 0 Å². The molecule has 5 aromatic carbocycles. The number of rotatable bonds is 5. The number of fused-ring (bicyclic) bond motifs is 3. The number of pyridine rings is 2. The first kappa shape index (κ1) is 48.1. The van der Waals surface area contributed by atoms with Gasteiger partial charge in [0.1, 0.15) is 0 Å². The van der Waals surface area contributed by atoms with Crippen molar-refractivity contribution in [3.05, 3.63) is 179 Å². The van der Waals surface area contributed by atoms with E-state index in [9.17, 15) is 0 Å². The predicted octanol–water partition coefficient (Wildman–Crippen LogP) is 15.0. The van der Waals surface area contributed by atoms with Crippen LogP contribution in [0.15, 0.2) is 122 Å². The van der Waals surface area contributed by atoms with Gasteiger partial charge < -0.3 is 9.80 Å². The average molecular weight is 1080 g/mol. The van der Waals surface area contributed by atoms with Crippen LogP contribution in [0.4, 0.5) is 11.4 Å². The molecular formula is C52H54Cl4N4Ru2-2. The molecule has 2 saturated heterocycles. The Kier molecular flexibility index (Phi) is 18.3. The van der Waals surface area contributed by atoms with E-state index in [1.165, 1.54) is 88.9 Å². The van der Waals surface area contributed by atoms with E-state index in [0.717, 1.165) is 38.7 Å². The third-order valence-electron chi connectivity index (χ3n) is 10.7. The quantitative estimate of drug-likeness (QED) is 0.0977. The van der Waals surface area contributed by atoms with Crippen LogP contribution >= 0.6 is 38.8 Å². The Balaban J connectivity index is 0.000000139. The van der Waals surface area contributed by atoms with Gasteiger partial charge in [-0.15, -0.1) is 0 Å². The average Bonchev–Trinajstić information content (AvgIpc) is 3.97. The predicted molar refractivity (Wildman–Crippen MR) is 266 cm³/mol. The molecule has 9 rings (SSSR count). The van der Waals surface area contributed by atoms with E-state index >= 15 is 0 Å². The van der Waals surface area contributed by atoms with Crippen LogP contribution in [-0.4, -0.2) is 32.3 Å². The summed E-state index contributed by atoms with van der Waals surface area (Å²) in [5.41, 5.74) is 16.4. The van der Waals surface area contributed by atoms with Crippen molar-refractivity contribution in [2.75, 3.05) is 22.9 Å². The maximum atomic E-state index is 6.00. The number of aromatic nitrogens is 2. The van der Waals surface area contributed by atoms with E-state index in [1.54, 1.807) is 6.20 Å². The molecule has 2 aliphatic rings. The van der Waals surface area contributed by atoms with Crippen LogP contribution in [0.1, 0.15) is 70.2 Å². The number of hydrogen-bond acceptors (Lipinski definition) is 4. The van der Waals surface area contributed by atoms with Crippen molar-refractivity contribution in [3.8, 4) is 11.3 Å². The van der Waals surface area contributed by atoms with Gasteiger partial charge in [0.05, 0.1) is 0 Å². The van der Waals surface area contributed by atoms with Gasteiger partial charge in [0.15, 0.2) is 0 Å². The molecule has 0 aliphatic carbocycles. The molecule has 0 saturated carbocycles. The third kappa shape index (κ3) is 13.1. The number of hydrogen-bond donors (Lipinski definition) is 0. The van der Waals surface area contributed by atoms with E-state index in [-0.39, 0.29) is 0 Å². The zero-order chi connectivity index (χ0) is 44.2. The monoisotopic (exact) mass is 1080 g/mol. The Hall–Kier alpha value is -3.33. The Morgan fingerprint density at radius 2 is 1.03 bits per heavy atom. The van der Waals surface area contributed by atoms with Crippen LogP contribution in [0.5, 0.6) is 0 Å². The van der Waals surface area contributed by atoms with E-state index < -0.39 is 27.0 Å². The fourth-order valence-electron chi connectivity index (χ4n) is 8.39. The minimum atomic E-state index is -1.83. The molecule has 0 atom stereocenters. The van der Waals surface area contributed by atoms with Crippen molar-refractivity contribution in [1.82, 2.24) is 9.97 Å². The van der Waals surface area contributed by atoms with Gasteiger partial charge in [-0.25, -0.2) is 13.1 Å². The molecule has 0 N–H and O–H groups in total. The summed E-state index contributed by atoms with van der Waals surface area (Å²) in [5.74, 6) is 0. The second kappa shape index (κ2) is 23.6. The van der Waals surface area contributed by atoms with Gasteiger partial charge in [0.25, 0.3) is 0 Å². The van der Waals surface area contributed by atoms with Crippen molar-refractivity contribution in [2.24, 2.45) is 0 Å². The van der Waals surface area contributed by atoms with Gasteiger partial charge in [0.2, 0.25) is 0 Å². The molecule has 10 heteroatoms. The van der Waals surface area contributed by atoms with Crippen LogP contribution in [0.3, 0.4) is 0 Å². The van der Waals surface area contributed by atoms with Crippen LogP contribution in [-0.2, 0) is 27.0 Å². The van der Waals surface area contributed by atoms with Crippen molar-refractivity contribution in [2.45, 2.75) is 67.2 Å². The molecule has 0 radical (unpaired) electrons. The number of aryl methyl sites for hydroxylation is 6. The Labute approximate surface area is 395 Å². The van der Waals surface area contributed by atoms with Gasteiger partial charge >= 0.3 is 226 Å². The molecule has 2 aromatic heterocycles. The molecule has 0 unspecified atom stereocenters. The summed E-state index contributed by atoms with van der Waals surface area (Å²) in [6, 6.07) is 37.3. The zero-order valence-electron chi connectivity index (χ0n) is 36.1. The molecule has 328 valence electrons. The van der Waals surface area contributed by atoms with Crippen molar-refractivity contribution >= 4 is 81.0 Å². The molecule has 7 aromatic rings. The maximum absolute atomic E-state index is 6.00. The summed E-state index contributed by atoms with van der Waals surface area (Å²) >= 11 is -3.63. The SMILES string of the molecule is Cc1cc(C)c(N2[CH-]CCC2)c(C)c1.Cc1cc(C)c(N2[CH-]CCC2)c(C)c1.[Cl][Ru]([Cl])=[CH]c1cccc2ccc3cccnc3c12.[Cl][Ru]([Cl])=[CH]c1ccccc1-c1ccccn1. The van der Waals surface area contributed by atoms with Gasteiger partial charge in [-0.05, 0) is 76.9 Å². The molecule has 0 bridgehead atoms. The minimum absolute atomic E-state index is 0.943. The van der Waals surface area contributed by atoms with Gasteiger partial charge in [-0.2, -0.15) is 12.8 Å².